The molecule has 8 heteroatoms. The summed E-state index contributed by atoms with van der Waals surface area (Å²) in [4.78, 5) is 21.6. The molecule has 0 aromatic carbocycles. The molecule has 0 aliphatic heterocycles. The Bertz CT molecular complexity index is 423. The van der Waals surface area contributed by atoms with E-state index in [1.54, 1.807) is 13.8 Å². The number of rotatable bonds is 5. The molecule has 1 aromatic rings. The zero-order valence-electron chi connectivity index (χ0n) is 10.1. The summed E-state index contributed by atoms with van der Waals surface area (Å²) in [5.41, 5.74) is 1.45. The lowest BCUT2D eigenvalue weighted by Crippen LogP contribution is -2.41. The number of aliphatic carboxylic acids is 1. The van der Waals surface area contributed by atoms with Gasteiger partial charge in [-0.05, 0) is 13.8 Å². The van der Waals surface area contributed by atoms with Gasteiger partial charge in [0, 0.05) is 12.1 Å². The molecule has 0 saturated heterocycles. The molecule has 0 radical (unpaired) electrons. The molecule has 1 rings (SSSR count). The lowest BCUT2D eigenvalue weighted by atomic mass is 10.2. The number of aliphatic hydroxyl groups excluding tert-OH is 1. The van der Waals surface area contributed by atoms with Crippen LogP contribution >= 0.6 is 0 Å². The van der Waals surface area contributed by atoms with Gasteiger partial charge >= 0.3 is 12.0 Å². The molecule has 1 heterocycles. The maximum Gasteiger partial charge on any atom is 0.334 e. The fourth-order valence-electron chi connectivity index (χ4n) is 1.26. The summed E-state index contributed by atoms with van der Waals surface area (Å²) in [6.45, 7) is 3.33. The van der Waals surface area contributed by atoms with Crippen molar-refractivity contribution in [2.75, 3.05) is 6.54 Å². The maximum atomic E-state index is 11.3. The van der Waals surface area contributed by atoms with Crippen molar-refractivity contribution < 1.29 is 24.3 Å². The Balaban J connectivity index is 2.36. The van der Waals surface area contributed by atoms with E-state index in [9.17, 15) is 9.59 Å². The summed E-state index contributed by atoms with van der Waals surface area (Å²) in [5, 5.41) is 25.8. The number of urea groups is 1. The Morgan fingerprint density at radius 3 is 2.56 bits per heavy atom. The summed E-state index contributed by atoms with van der Waals surface area (Å²) in [5.74, 6) is -0.778. The minimum absolute atomic E-state index is 0.218. The third-order valence-corrected chi connectivity index (χ3v) is 2.35. The Hall–Kier alpha value is -2.09. The second kappa shape index (κ2) is 6.01. The summed E-state index contributed by atoms with van der Waals surface area (Å²) in [7, 11) is 0. The third-order valence-electron chi connectivity index (χ3n) is 2.35. The van der Waals surface area contributed by atoms with E-state index in [-0.39, 0.29) is 13.1 Å². The first-order valence-electron chi connectivity index (χ1n) is 5.26. The molecule has 8 nitrogen and oxygen atoms in total. The van der Waals surface area contributed by atoms with E-state index in [4.69, 9.17) is 14.7 Å². The van der Waals surface area contributed by atoms with Crippen molar-refractivity contribution in [2.45, 2.75) is 26.5 Å². The van der Waals surface area contributed by atoms with Crippen LogP contribution in [0.4, 0.5) is 4.79 Å². The molecule has 18 heavy (non-hydrogen) atoms. The van der Waals surface area contributed by atoms with E-state index in [2.05, 4.69) is 15.8 Å². The Morgan fingerprint density at radius 2 is 2.06 bits per heavy atom. The number of nitrogens with one attached hydrogen (secondary N) is 2. The van der Waals surface area contributed by atoms with Crippen molar-refractivity contribution in [3.63, 3.8) is 0 Å². The van der Waals surface area contributed by atoms with Gasteiger partial charge in [0.2, 0.25) is 0 Å². The molecule has 100 valence electrons. The van der Waals surface area contributed by atoms with Crippen molar-refractivity contribution in [3.8, 4) is 0 Å². The van der Waals surface area contributed by atoms with E-state index in [0.29, 0.717) is 11.5 Å². The quantitative estimate of drug-likeness (QED) is 0.565. The van der Waals surface area contributed by atoms with Crippen molar-refractivity contribution >= 4 is 12.0 Å². The van der Waals surface area contributed by atoms with Crippen LogP contribution in [-0.4, -0.2) is 40.0 Å². The topological polar surface area (TPSA) is 125 Å². The lowest BCUT2D eigenvalue weighted by Gasteiger charge is -2.09. The lowest BCUT2D eigenvalue weighted by molar-refractivity contribution is -0.146. The van der Waals surface area contributed by atoms with E-state index in [1.165, 1.54) is 0 Å². The largest absolute Gasteiger partial charge is 0.479 e. The highest BCUT2D eigenvalue weighted by Gasteiger charge is 2.14. The standard InChI is InChI=1S/C10H15N3O5/c1-5-7(6(2)18-13-5)3-11-10(17)12-4-8(14)9(15)16/h8,14H,3-4H2,1-2H3,(H,15,16)(H2,11,12,17)/t8-/m0/s1. The van der Waals surface area contributed by atoms with Gasteiger partial charge in [-0.2, -0.15) is 0 Å². The van der Waals surface area contributed by atoms with Crippen LogP contribution in [0, 0.1) is 13.8 Å². The number of aliphatic hydroxyl groups is 1. The van der Waals surface area contributed by atoms with E-state index in [0.717, 1.165) is 5.56 Å². The highest BCUT2D eigenvalue weighted by molar-refractivity contribution is 5.76. The monoisotopic (exact) mass is 257 g/mol. The van der Waals surface area contributed by atoms with Crippen molar-refractivity contribution in [3.05, 3.63) is 17.0 Å². The van der Waals surface area contributed by atoms with Crippen LogP contribution in [0.2, 0.25) is 0 Å². The van der Waals surface area contributed by atoms with Gasteiger partial charge in [-0.15, -0.1) is 0 Å². The van der Waals surface area contributed by atoms with Crippen LogP contribution in [-0.2, 0) is 11.3 Å². The van der Waals surface area contributed by atoms with Crippen molar-refractivity contribution in [1.29, 1.82) is 0 Å². The Kier molecular flexibility index (Phi) is 4.67. The number of carbonyl (C=O) groups is 2. The molecule has 0 bridgehead atoms. The van der Waals surface area contributed by atoms with Gasteiger partial charge in [0.15, 0.2) is 6.10 Å². The molecule has 0 unspecified atom stereocenters. The average Bonchev–Trinajstić information content (AvgIpc) is 2.63. The van der Waals surface area contributed by atoms with Crippen LogP contribution in [0.1, 0.15) is 17.0 Å². The molecule has 0 saturated carbocycles. The minimum atomic E-state index is -1.62. The number of hydrogen-bond acceptors (Lipinski definition) is 5. The van der Waals surface area contributed by atoms with E-state index < -0.39 is 18.1 Å². The summed E-state index contributed by atoms with van der Waals surface area (Å²) in [6, 6.07) is -0.574. The van der Waals surface area contributed by atoms with Crippen LogP contribution in [0.5, 0.6) is 0 Å². The molecule has 0 aliphatic rings. The molecule has 1 atom stereocenters. The van der Waals surface area contributed by atoms with Crippen LogP contribution < -0.4 is 10.6 Å². The van der Waals surface area contributed by atoms with Crippen molar-refractivity contribution in [2.24, 2.45) is 0 Å². The number of hydrogen-bond donors (Lipinski definition) is 4. The number of carbonyl (C=O) groups excluding carboxylic acids is 1. The molecule has 2 amide bonds. The zero-order valence-corrected chi connectivity index (χ0v) is 10.1. The summed E-state index contributed by atoms with van der Waals surface area (Å²) in [6.07, 6.45) is -1.62. The molecule has 0 aliphatic carbocycles. The second-order valence-corrected chi connectivity index (χ2v) is 3.72. The number of aromatic nitrogens is 1. The fourth-order valence-corrected chi connectivity index (χ4v) is 1.26. The maximum absolute atomic E-state index is 11.3. The number of nitrogens with zero attached hydrogens (tertiary/aromatic N) is 1. The highest BCUT2D eigenvalue weighted by atomic mass is 16.5. The predicted molar refractivity (Wildman–Crippen MR) is 59.9 cm³/mol. The average molecular weight is 257 g/mol. The molecule has 0 fully saturated rings. The van der Waals surface area contributed by atoms with Gasteiger partial charge < -0.3 is 25.4 Å². The number of aryl methyl sites for hydroxylation is 2. The Morgan fingerprint density at radius 1 is 1.39 bits per heavy atom. The third kappa shape index (κ3) is 3.74. The minimum Gasteiger partial charge on any atom is -0.479 e. The summed E-state index contributed by atoms with van der Waals surface area (Å²) >= 11 is 0. The van der Waals surface area contributed by atoms with E-state index in [1.807, 2.05) is 0 Å². The van der Waals surface area contributed by atoms with Gasteiger partial charge in [0.1, 0.15) is 5.76 Å². The van der Waals surface area contributed by atoms with Gasteiger partial charge in [0.25, 0.3) is 0 Å². The van der Waals surface area contributed by atoms with Crippen LogP contribution in [0.15, 0.2) is 4.52 Å². The molecular formula is C10H15N3O5. The fraction of sp³-hybridized carbons (Fsp3) is 0.500. The SMILES string of the molecule is Cc1noc(C)c1CNC(=O)NC[C@H](O)C(=O)O. The zero-order chi connectivity index (χ0) is 13.7. The van der Waals surface area contributed by atoms with Gasteiger partial charge in [-0.25, -0.2) is 9.59 Å². The molecular weight excluding hydrogens is 242 g/mol. The van der Waals surface area contributed by atoms with Crippen molar-refractivity contribution in [1.82, 2.24) is 15.8 Å². The van der Waals surface area contributed by atoms with Crippen LogP contribution in [0.3, 0.4) is 0 Å². The Labute approximate surface area is 103 Å². The molecule has 0 spiro atoms. The van der Waals surface area contributed by atoms with Gasteiger partial charge in [-0.3, -0.25) is 0 Å². The predicted octanol–water partition coefficient (Wildman–Crippen LogP) is -0.464. The smallest absolute Gasteiger partial charge is 0.334 e. The second-order valence-electron chi connectivity index (χ2n) is 3.72. The highest BCUT2D eigenvalue weighted by Crippen LogP contribution is 2.11. The molecule has 4 N–H and O–H groups in total. The number of amides is 2. The first kappa shape index (κ1) is 14.0. The first-order chi connectivity index (χ1) is 8.41. The summed E-state index contributed by atoms with van der Waals surface area (Å²) < 4.78 is 4.92. The number of carboxylic acids is 1. The van der Waals surface area contributed by atoms with E-state index >= 15 is 0 Å². The first-order valence-corrected chi connectivity index (χ1v) is 5.26. The normalized spacial score (nSPS) is 11.9. The molecule has 1 aromatic heterocycles. The van der Waals surface area contributed by atoms with Crippen LogP contribution in [0.25, 0.3) is 0 Å². The van der Waals surface area contributed by atoms with Gasteiger partial charge in [0.05, 0.1) is 12.2 Å². The number of carboxylic acid groups (broad SMARTS) is 1. The van der Waals surface area contributed by atoms with Gasteiger partial charge in [-0.1, -0.05) is 5.16 Å².